The Morgan fingerprint density at radius 3 is 2.19 bits per heavy atom. The van der Waals surface area contributed by atoms with Gasteiger partial charge in [0, 0.05) is 17.7 Å². The Morgan fingerprint density at radius 2 is 1.58 bits per heavy atom. The molecule has 2 N–H and O–H groups in total. The SMILES string of the molecule is COc1ccccc1NC(=O)c1ccc(C(=O)NCCCN(C)C)cc1. The molecule has 0 aromatic heterocycles. The first-order valence-electron chi connectivity index (χ1n) is 8.48. The number of carbonyl (C=O) groups excluding carboxylic acids is 2. The topological polar surface area (TPSA) is 70.7 Å². The number of benzene rings is 2. The molecular formula is C20H25N3O3. The van der Waals surface area contributed by atoms with E-state index in [0.29, 0.717) is 29.1 Å². The lowest BCUT2D eigenvalue weighted by atomic mass is 10.1. The van der Waals surface area contributed by atoms with Crippen molar-refractivity contribution in [3.8, 4) is 5.75 Å². The van der Waals surface area contributed by atoms with Crippen LogP contribution < -0.4 is 15.4 Å². The molecule has 2 aromatic rings. The molecule has 0 spiro atoms. The van der Waals surface area contributed by atoms with E-state index in [2.05, 4.69) is 15.5 Å². The molecule has 0 bridgehead atoms. The van der Waals surface area contributed by atoms with E-state index in [9.17, 15) is 9.59 Å². The van der Waals surface area contributed by atoms with Crippen LogP contribution >= 0.6 is 0 Å². The maximum absolute atomic E-state index is 12.4. The molecule has 0 saturated carbocycles. The molecule has 0 atom stereocenters. The normalized spacial score (nSPS) is 10.5. The van der Waals surface area contributed by atoms with E-state index in [1.807, 2.05) is 26.2 Å². The van der Waals surface area contributed by atoms with Crippen LogP contribution in [0.3, 0.4) is 0 Å². The lowest BCUT2D eigenvalue weighted by Gasteiger charge is -2.11. The molecule has 2 aromatic carbocycles. The highest BCUT2D eigenvalue weighted by atomic mass is 16.5. The van der Waals surface area contributed by atoms with Crippen molar-refractivity contribution in [1.29, 1.82) is 0 Å². The smallest absolute Gasteiger partial charge is 0.255 e. The van der Waals surface area contributed by atoms with E-state index in [0.717, 1.165) is 13.0 Å². The Balaban J connectivity index is 1.93. The third-order valence-electron chi connectivity index (χ3n) is 3.83. The Morgan fingerprint density at radius 1 is 0.962 bits per heavy atom. The van der Waals surface area contributed by atoms with Crippen LogP contribution in [0.25, 0.3) is 0 Å². The molecule has 2 amide bonds. The molecule has 0 aliphatic heterocycles. The largest absolute Gasteiger partial charge is 0.495 e. The van der Waals surface area contributed by atoms with Crippen molar-refractivity contribution in [2.24, 2.45) is 0 Å². The van der Waals surface area contributed by atoms with Gasteiger partial charge in [0.15, 0.2) is 0 Å². The molecule has 138 valence electrons. The number of methoxy groups -OCH3 is 1. The number of rotatable bonds is 8. The second-order valence-electron chi connectivity index (χ2n) is 6.14. The zero-order chi connectivity index (χ0) is 18.9. The van der Waals surface area contributed by atoms with Crippen molar-refractivity contribution < 1.29 is 14.3 Å². The van der Waals surface area contributed by atoms with E-state index < -0.39 is 0 Å². The van der Waals surface area contributed by atoms with Gasteiger partial charge in [-0.05, 0) is 63.5 Å². The highest BCUT2D eigenvalue weighted by Gasteiger charge is 2.11. The summed E-state index contributed by atoms with van der Waals surface area (Å²) in [7, 11) is 5.55. The van der Waals surface area contributed by atoms with Crippen molar-refractivity contribution in [3.05, 3.63) is 59.7 Å². The predicted molar refractivity (Wildman–Crippen MR) is 103 cm³/mol. The van der Waals surface area contributed by atoms with Crippen molar-refractivity contribution in [1.82, 2.24) is 10.2 Å². The molecule has 26 heavy (non-hydrogen) atoms. The minimum atomic E-state index is -0.257. The van der Waals surface area contributed by atoms with Crippen molar-refractivity contribution in [3.63, 3.8) is 0 Å². The summed E-state index contributed by atoms with van der Waals surface area (Å²) in [6.07, 6.45) is 0.887. The zero-order valence-electron chi connectivity index (χ0n) is 15.4. The van der Waals surface area contributed by atoms with Crippen molar-refractivity contribution >= 4 is 17.5 Å². The van der Waals surface area contributed by atoms with Gasteiger partial charge in [0.25, 0.3) is 11.8 Å². The Kier molecular flexibility index (Phi) is 7.17. The first-order valence-corrected chi connectivity index (χ1v) is 8.48. The molecule has 0 radical (unpaired) electrons. The second-order valence-corrected chi connectivity index (χ2v) is 6.14. The monoisotopic (exact) mass is 355 g/mol. The number of amides is 2. The number of hydrogen-bond acceptors (Lipinski definition) is 4. The fraction of sp³-hybridized carbons (Fsp3) is 0.300. The van der Waals surface area contributed by atoms with Gasteiger partial charge in [-0.25, -0.2) is 0 Å². The number of anilines is 1. The molecule has 2 rings (SSSR count). The lowest BCUT2D eigenvalue weighted by molar-refractivity contribution is 0.0950. The number of nitrogens with zero attached hydrogens (tertiary/aromatic N) is 1. The summed E-state index contributed by atoms with van der Waals surface area (Å²) >= 11 is 0. The van der Waals surface area contributed by atoms with E-state index >= 15 is 0 Å². The number of ether oxygens (including phenoxy) is 1. The van der Waals surface area contributed by atoms with Gasteiger partial charge in [-0.3, -0.25) is 9.59 Å². The molecule has 6 nitrogen and oxygen atoms in total. The van der Waals surface area contributed by atoms with Gasteiger partial charge in [-0.15, -0.1) is 0 Å². The van der Waals surface area contributed by atoms with Crippen LogP contribution in [-0.4, -0.2) is 51.0 Å². The van der Waals surface area contributed by atoms with Gasteiger partial charge in [0.1, 0.15) is 5.75 Å². The second kappa shape index (κ2) is 9.58. The summed E-state index contributed by atoms with van der Waals surface area (Å²) in [6, 6.07) is 13.8. The van der Waals surface area contributed by atoms with Gasteiger partial charge in [0.05, 0.1) is 12.8 Å². The Labute approximate surface area is 154 Å². The van der Waals surface area contributed by atoms with Crippen LogP contribution in [0.1, 0.15) is 27.1 Å². The molecule has 0 aliphatic carbocycles. The molecule has 0 unspecified atom stereocenters. The average molecular weight is 355 g/mol. The summed E-state index contributed by atoms with van der Waals surface area (Å²) in [6.45, 7) is 1.54. The lowest BCUT2D eigenvalue weighted by Crippen LogP contribution is -2.27. The predicted octanol–water partition coefficient (Wildman–Crippen LogP) is 2.63. The quantitative estimate of drug-likeness (QED) is 0.714. The maximum Gasteiger partial charge on any atom is 0.255 e. The van der Waals surface area contributed by atoms with Gasteiger partial charge >= 0.3 is 0 Å². The molecule has 6 heteroatoms. The molecular weight excluding hydrogens is 330 g/mol. The summed E-state index contributed by atoms with van der Waals surface area (Å²) < 4.78 is 5.22. The van der Waals surface area contributed by atoms with Gasteiger partial charge in [-0.2, -0.15) is 0 Å². The van der Waals surface area contributed by atoms with Crippen LogP contribution in [0.5, 0.6) is 5.75 Å². The van der Waals surface area contributed by atoms with Crippen LogP contribution in [0, 0.1) is 0 Å². The van der Waals surface area contributed by atoms with Crippen LogP contribution in [0.4, 0.5) is 5.69 Å². The maximum atomic E-state index is 12.4. The van der Waals surface area contributed by atoms with E-state index in [1.165, 1.54) is 0 Å². The summed E-state index contributed by atoms with van der Waals surface area (Å²) in [5.41, 5.74) is 1.60. The number of hydrogen-bond donors (Lipinski definition) is 2. The van der Waals surface area contributed by atoms with E-state index in [-0.39, 0.29) is 11.8 Å². The Bertz CT molecular complexity index is 742. The zero-order valence-corrected chi connectivity index (χ0v) is 15.4. The van der Waals surface area contributed by atoms with Gasteiger partial charge in [0.2, 0.25) is 0 Å². The van der Waals surface area contributed by atoms with Crippen molar-refractivity contribution in [2.75, 3.05) is 39.6 Å². The highest BCUT2D eigenvalue weighted by Crippen LogP contribution is 2.23. The van der Waals surface area contributed by atoms with E-state index in [1.54, 1.807) is 43.5 Å². The number of nitrogens with one attached hydrogen (secondary N) is 2. The fourth-order valence-corrected chi connectivity index (χ4v) is 2.41. The highest BCUT2D eigenvalue weighted by molar-refractivity contribution is 6.05. The van der Waals surface area contributed by atoms with Crippen LogP contribution in [0.15, 0.2) is 48.5 Å². The summed E-state index contributed by atoms with van der Waals surface area (Å²) in [5.74, 6) is 0.197. The first kappa shape index (κ1) is 19.5. The number of para-hydroxylation sites is 2. The molecule has 0 fully saturated rings. The standard InChI is InChI=1S/C20H25N3O3/c1-23(2)14-6-13-21-19(24)15-9-11-16(12-10-15)20(25)22-17-7-4-5-8-18(17)26-3/h4-5,7-12H,6,13-14H2,1-3H3,(H,21,24)(H,22,25). The summed E-state index contributed by atoms with van der Waals surface area (Å²) in [5, 5.41) is 5.68. The number of carbonyl (C=O) groups is 2. The van der Waals surface area contributed by atoms with Gasteiger partial charge < -0.3 is 20.3 Å². The van der Waals surface area contributed by atoms with Gasteiger partial charge in [-0.1, -0.05) is 12.1 Å². The van der Waals surface area contributed by atoms with E-state index in [4.69, 9.17) is 4.74 Å². The molecule has 0 saturated heterocycles. The van der Waals surface area contributed by atoms with Crippen LogP contribution in [-0.2, 0) is 0 Å². The minimum Gasteiger partial charge on any atom is -0.495 e. The minimum absolute atomic E-state index is 0.138. The third-order valence-corrected chi connectivity index (χ3v) is 3.83. The Hall–Kier alpha value is -2.86. The van der Waals surface area contributed by atoms with Crippen molar-refractivity contribution in [2.45, 2.75) is 6.42 Å². The molecule has 0 heterocycles. The third kappa shape index (κ3) is 5.60. The first-order chi connectivity index (χ1) is 12.5. The fourth-order valence-electron chi connectivity index (χ4n) is 2.41. The molecule has 0 aliphatic rings. The average Bonchev–Trinajstić information content (AvgIpc) is 2.65. The van der Waals surface area contributed by atoms with Crippen LogP contribution in [0.2, 0.25) is 0 Å². The summed E-state index contributed by atoms with van der Waals surface area (Å²) in [4.78, 5) is 26.5.